The number of hydrogen-bond donors (Lipinski definition) is 0. The monoisotopic (exact) mass is 450 g/mol. The molecule has 1 saturated heterocycles. The van der Waals surface area contributed by atoms with Gasteiger partial charge in [-0.2, -0.15) is 0 Å². The van der Waals surface area contributed by atoms with Crippen LogP contribution < -0.4 is 4.74 Å². The molecule has 33 heavy (non-hydrogen) atoms. The van der Waals surface area contributed by atoms with Crippen molar-refractivity contribution in [3.63, 3.8) is 0 Å². The van der Waals surface area contributed by atoms with Crippen molar-refractivity contribution in [1.29, 1.82) is 0 Å². The molecule has 6 heteroatoms. The molecule has 2 aliphatic rings. The number of hydrogen-bond acceptors (Lipinski definition) is 4. The average molecular weight is 451 g/mol. The second-order valence-electron chi connectivity index (χ2n) is 8.82. The summed E-state index contributed by atoms with van der Waals surface area (Å²) in [6, 6.07) is 14.3. The van der Waals surface area contributed by atoms with Crippen molar-refractivity contribution in [2.45, 2.75) is 52.2 Å². The number of carbonyl (C=O) groups excluding carboxylic acids is 2. The van der Waals surface area contributed by atoms with Crippen LogP contribution in [0.2, 0.25) is 0 Å². The second kappa shape index (κ2) is 10.4. The molecule has 0 unspecified atom stereocenters. The molecule has 2 atom stereocenters. The highest BCUT2D eigenvalue weighted by Crippen LogP contribution is 2.38. The normalized spacial score (nSPS) is 19.1. The molecule has 2 aliphatic heterocycles. The van der Waals surface area contributed by atoms with E-state index >= 15 is 0 Å². The van der Waals surface area contributed by atoms with Gasteiger partial charge in [0.05, 0.1) is 19.3 Å². The van der Waals surface area contributed by atoms with Crippen LogP contribution in [0.1, 0.15) is 55.0 Å². The Labute approximate surface area is 196 Å². The van der Waals surface area contributed by atoms with E-state index in [2.05, 4.69) is 31.2 Å². The van der Waals surface area contributed by atoms with Gasteiger partial charge in [0.25, 0.3) is 5.91 Å². The van der Waals surface area contributed by atoms with Gasteiger partial charge in [-0.3, -0.25) is 9.59 Å². The number of carbonyl (C=O) groups is 2. The van der Waals surface area contributed by atoms with E-state index in [4.69, 9.17) is 9.47 Å². The fourth-order valence-corrected chi connectivity index (χ4v) is 4.80. The second-order valence-corrected chi connectivity index (χ2v) is 8.82. The molecule has 2 amide bonds. The number of morpholine rings is 1. The lowest BCUT2D eigenvalue weighted by molar-refractivity contribution is -0.143. The van der Waals surface area contributed by atoms with E-state index in [1.54, 1.807) is 0 Å². The smallest absolute Gasteiger partial charge is 0.263 e. The summed E-state index contributed by atoms with van der Waals surface area (Å²) in [6.07, 6.45) is 1.35. The van der Waals surface area contributed by atoms with Crippen LogP contribution in [0.15, 0.2) is 42.5 Å². The number of amides is 2. The summed E-state index contributed by atoms with van der Waals surface area (Å²) >= 11 is 0. The van der Waals surface area contributed by atoms with Gasteiger partial charge in [-0.1, -0.05) is 49.7 Å². The third kappa shape index (κ3) is 5.06. The molecular formula is C27H34N2O4. The Morgan fingerprint density at radius 2 is 1.88 bits per heavy atom. The molecule has 176 valence electrons. The van der Waals surface area contributed by atoms with Crippen LogP contribution in [0.25, 0.3) is 0 Å². The van der Waals surface area contributed by atoms with Crippen LogP contribution in [-0.2, 0) is 20.7 Å². The molecule has 0 N–H and O–H groups in total. The van der Waals surface area contributed by atoms with Crippen LogP contribution >= 0.6 is 0 Å². The largest absolute Gasteiger partial charge is 0.481 e. The zero-order valence-electron chi connectivity index (χ0n) is 19.9. The first-order chi connectivity index (χ1) is 16.0. The molecule has 4 rings (SSSR count). The lowest BCUT2D eigenvalue weighted by Gasteiger charge is -2.38. The molecule has 1 fully saturated rings. The minimum absolute atomic E-state index is 0.0107. The highest BCUT2D eigenvalue weighted by Gasteiger charge is 2.32. The van der Waals surface area contributed by atoms with Gasteiger partial charge in [-0.05, 0) is 48.6 Å². The first kappa shape index (κ1) is 23.3. The standard InChI is InChI=1S/C27H34N2O4/c1-4-24(27(31)28-13-15-32-16-14-28)33-22-10-9-20-11-12-29(25(30)5-2)26(23(20)18-22)21-8-6-7-19(3)17-21/h6-10,17-18,24,26H,4-5,11-16H2,1-3H3/t24-,26+/m0/s1. The lowest BCUT2D eigenvalue weighted by Crippen LogP contribution is -2.47. The topological polar surface area (TPSA) is 59.1 Å². The maximum atomic E-state index is 13.0. The van der Waals surface area contributed by atoms with Gasteiger partial charge in [-0.25, -0.2) is 0 Å². The van der Waals surface area contributed by atoms with E-state index in [1.165, 1.54) is 5.56 Å². The molecular weight excluding hydrogens is 416 g/mol. The molecule has 0 saturated carbocycles. The van der Waals surface area contributed by atoms with Crippen molar-refractivity contribution in [3.8, 4) is 5.75 Å². The van der Waals surface area contributed by atoms with E-state index in [9.17, 15) is 9.59 Å². The zero-order valence-corrected chi connectivity index (χ0v) is 19.9. The summed E-state index contributed by atoms with van der Waals surface area (Å²) in [5.41, 5.74) is 4.57. The number of rotatable bonds is 6. The zero-order chi connectivity index (χ0) is 23.4. The maximum absolute atomic E-state index is 13.0. The average Bonchev–Trinajstić information content (AvgIpc) is 2.86. The Bertz CT molecular complexity index is 999. The van der Waals surface area contributed by atoms with Crippen molar-refractivity contribution in [3.05, 3.63) is 64.7 Å². The third-order valence-corrected chi connectivity index (χ3v) is 6.57. The van der Waals surface area contributed by atoms with E-state index in [1.807, 2.05) is 41.8 Å². The Kier molecular flexibility index (Phi) is 7.33. The highest BCUT2D eigenvalue weighted by atomic mass is 16.5. The van der Waals surface area contributed by atoms with Crippen LogP contribution in [0.5, 0.6) is 5.75 Å². The van der Waals surface area contributed by atoms with Gasteiger partial charge >= 0.3 is 0 Å². The van der Waals surface area contributed by atoms with E-state index in [0.29, 0.717) is 51.4 Å². The molecule has 6 nitrogen and oxygen atoms in total. The highest BCUT2D eigenvalue weighted by molar-refractivity contribution is 5.81. The van der Waals surface area contributed by atoms with Gasteiger partial charge < -0.3 is 19.3 Å². The summed E-state index contributed by atoms with van der Waals surface area (Å²) in [7, 11) is 0. The molecule has 2 aromatic carbocycles. The minimum atomic E-state index is -0.532. The van der Waals surface area contributed by atoms with Gasteiger partial charge in [0.15, 0.2) is 6.10 Å². The SMILES string of the molecule is CCC(=O)N1CCc2ccc(O[C@@H](CC)C(=O)N3CCOCC3)cc2[C@H]1c1cccc(C)c1. The molecule has 0 spiro atoms. The van der Waals surface area contributed by atoms with E-state index in [0.717, 1.165) is 23.1 Å². The predicted molar refractivity (Wildman–Crippen MR) is 127 cm³/mol. The first-order valence-corrected chi connectivity index (χ1v) is 12.0. The summed E-state index contributed by atoms with van der Waals surface area (Å²) < 4.78 is 11.6. The molecule has 0 aliphatic carbocycles. The third-order valence-electron chi connectivity index (χ3n) is 6.57. The summed E-state index contributed by atoms with van der Waals surface area (Å²) in [5, 5.41) is 0. The van der Waals surface area contributed by atoms with Gasteiger partial charge in [0, 0.05) is 26.1 Å². The number of benzene rings is 2. The van der Waals surface area contributed by atoms with Crippen LogP contribution in [0.4, 0.5) is 0 Å². The minimum Gasteiger partial charge on any atom is -0.481 e. The van der Waals surface area contributed by atoms with Gasteiger partial charge in [-0.15, -0.1) is 0 Å². The Balaban J connectivity index is 1.65. The van der Waals surface area contributed by atoms with Crippen molar-refractivity contribution >= 4 is 11.8 Å². The quantitative estimate of drug-likeness (QED) is 0.670. The van der Waals surface area contributed by atoms with Crippen LogP contribution in [0, 0.1) is 6.92 Å². The van der Waals surface area contributed by atoms with Crippen molar-refractivity contribution in [2.75, 3.05) is 32.8 Å². The molecule has 2 heterocycles. The van der Waals surface area contributed by atoms with Crippen molar-refractivity contribution in [1.82, 2.24) is 9.80 Å². The van der Waals surface area contributed by atoms with Gasteiger partial charge in [0.1, 0.15) is 5.75 Å². The van der Waals surface area contributed by atoms with E-state index in [-0.39, 0.29) is 17.9 Å². The Morgan fingerprint density at radius 3 is 2.58 bits per heavy atom. The van der Waals surface area contributed by atoms with Gasteiger partial charge in [0.2, 0.25) is 5.91 Å². The Morgan fingerprint density at radius 1 is 1.09 bits per heavy atom. The summed E-state index contributed by atoms with van der Waals surface area (Å²) in [4.78, 5) is 29.7. The van der Waals surface area contributed by atoms with E-state index < -0.39 is 6.10 Å². The van der Waals surface area contributed by atoms with Crippen molar-refractivity contribution < 1.29 is 19.1 Å². The molecule has 0 radical (unpaired) electrons. The van der Waals surface area contributed by atoms with Crippen molar-refractivity contribution in [2.24, 2.45) is 0 Å². The maximum Gasteiger partial charge on any atom is 0.263 e. The fraction of sp³-hybridized carbons (Fsp3) is 0.481. The summed E-state index contributed by atoms with van der Waals surface area (Å²) in [5.74, 6) is 0.828. The number of ether oxygens (including phenoxy) is 2. The summed E-state index contributed by atoms with van der Waals surface area (Å²) in [6.45, 7) is 9.00. The number of aryl methyl sites for hydroxylation is 1. The lowest BCUT2D eigenvalue weighted by atomic mass is 9.87. The first-order valence-electron chi connectivity index (χ1n) is 12.0. The number of fused-ring (bicyclic) bond motifs is 1. The number of nitrogens with zero attached hydrogens (tertiary/aromatic N) is 2. The van der Waals surface area contributed by atoms with Crippen LogP contribution in [0.3, 0.4) is 0 Å². The van der Waals surface area contributed by atoms with Crippen LogP contribution in [-0.4, -0.2) is 60.6 Å². The molecule has 0 aromatic heterocycles. The molecule has 0 bridgehead atoms. The Hall–Kier alpha value is -2.86. The fourth-order valence-electron chi connectivity index (χ4n) is 4.80. The predicted octanol–water partition coefficient (Wildman–Crippen LogP) is 3.90. The molecule has 2 aromatic rings.